The third-order valence-corrected chi connectivity index (χ3v) is 3.96. The first-order valence-corrected chi connectivity index (χ1v) is 7.00. The standard InChI is InChI=1S/C18H14FNO/c19-16-6-2-5-14(10-16)17(11-20)18(21)15-8-7-12-3-1-4-13(12)9-15/h2,5-10,17H,1,3-4H2. The van der Waals surface area contributed by atoms with E-state index < -0.39 is 11.7 Å². The lowest BCUT2D eigenvalue weighted by molar-refractivity contribution is 0.0978. The maximum absolute atomic E-state index is 13.3. The summed E-state index contributed by atoms with van der Waals surface area (Å²) in [6.07, 6.45) is 3.14. The normalized spacial score (nSPS) is 14.3. The number of carbonyl (C=O) groups excluding carboxylic acids is 1. The molecule has 1 unspecified atom stereocenters. The third kappa shape index (κ3) is 2.57. The lowest BCUT2D eigenvalue weighted by Crippen LogP contribution is -2.12. The molecule has 0 saturated carbocycles. The molecule has 1 aliphatic carbocycles. The number of halogens is 1. The summed E-state index contributed by atoms with van der Waals surface area (Å²) in [5, 5.41) is 9.30. The number of nitrogens with zero attached hydrogens (tertiary/aromatic N) is 1. The summed E-state index contributed by atoms with van der Waals surface area (Å²) in [5.74, 6) is -1.66. The quantitative estimate of drug-likeness (QED) is 0.802. The summed E-state index contributed by atoms with van der Waals surface area (Å²) in [4.78, 5) is 12.5. The first-order valence-electron chi connectivity index (χ1n) is 7.00. The first kappa shape index (κ1) is 13.5. The Kier molecular flexibility index (Phi) is 3.53. The highest BCUT2D eigenvalue weighted by Gasteiger charge is 2.23. The second-order valence-electron chi connectivity index (χ2n) is 5.32. The van der Waals surface area contributed by atoms with Crippen molar-refractivity contribution >= 4 is 5.78 Å². The number of fused-ring (bicyclic) bond motifs is 1. The van der Waals surface area contributed by atoms with Crippen molar-refractivity contribution in [1.82, 2.24) is 0 Å². The maximum atomic E-state index is 13.3. The minimum atomic E-state index is -0.958. The minimum Gasteiger partial charge on any atom is -0.292 e. The van der Waals surface area contributed by atoms with Gasteiger partial charge in [0.15, 0.2) is 5.78 Å². The van der Waals surface area contributed by atoms with Gasteiger partial charge in [0.25, 0.3) is 0 Å². The largest absolute Gasteiger partial charge is 0.292 e. The van der Waals surface area contributed by atoms with Gasteiger partial charge in [0, 0.05) is 5.56 Å². The van der Waals surface area contributed by atoms with Gasteiger partial charge in [-0.05, 0) is 54.2 Å². The van der Waals surface area contributed by atoms with Gasteiger partial charge in [0.2, 0.25) is 0 Å². The average Bonchev–Trinajstić information content (AvgIpc) is 2.95. The number of rotatable bonds is 3. The highest BCUT2D eigenvalue weighted by Crippen LogP contribution is 2.26. The summed E-state index contributed by atoms with van der Waals surface area (Å²) in [6.45, 7) is 0. The van der Waals surface area contributed by atoms with Crippen molar-refractivity contribution in [2.75, 3.05) is 0 Å². The zero-order valence-electron chi connectivity index (χ0n) is 11.5. The highest BCUT2D eigenvalue weighted by molar-refractivity contribution is 6.03. The van der Waals surface area contributed by atoms with Crippen LogP contribution in [-0.2, 0) is 12.8 Å². The molecule has 0 saturated heterocycles. The van der Waals surface area contributed by atoms with Crippen LogP contribution in [0, 0.1) is 17.1 Å². The van der Waals surface area contributed by atoms with E-state index in [2.05, 4.69) is 0 Å². The van der Waals surface area contributed by atoms with Gasteiger partial charge in [-0.3, -0.25) is 4.79 Å². The molecule has 2 aromatic carbocycles. The zero-order valence-corrected chi connectivity index (χ0v) is 11.5. The fourth-order valence-corrected chi connectivity index (χ4v) is 2.86. The first-order chi connectivity index (χ1) is 10.2. The molecule has 0 N–H and O–H groups in total. The lowest BCUT2D eigenvalue weighted by atomic mass is 9.90. The van der Waals surface area contributed by atoms with E-state index in [1.165, 1.54) is 29.3 Å². The molecule has 3 heteroatoms. The van der Waals surface area contributed by atoms with Crippen LogP contribution >= 0.6 is 0 Å². The van der Waals surface area contributed by atoms with Crippen molar-refractivity contribution in [3.8, 4) is 6.07 Å². The molecular formula is C18H14FNO. The number of ketones is 1. The monoisotopic (exact) mass is 279 g/mol. The summed E-state index contributed by atoms with van der Waals surface area (Å²) in [5.41, 5.74) is 3.41. The van der Waals surface area contributed by atoms with E-state index in [9.17, 15) is 14.4 Å². The molecule has 0 radical (unpaired) electrons. The minimum absolute atomic E-state index is 0.266. The van der Waals surface area contributed by atoms with Crippen molar-refractivity contribution in [2.24, 2.45) is 0 Å². The van der Waals surface area contributed by atoms with Gasteiger partial charge in [-0.2, -0.15) is 5.26 Å². The van der Waals surface area contributed by atoms with Gasteiger partial charge < -0.3 is 0 Å². The van der Waals surface area contributed by atoms with Gasteiger partial charge in [0.1, 0.15) is 11.7 Å². The Morgan fingerprint density at radius 1 is 1.14 bits per heavy atom. The lowest BCUT2D eigenvalue weighted by Gasteiger charge is -2.10. The van der Waals surface area contributed by atoms with Crippen LogP contribution in [0.5, 0.6) is 0 Å². The van der Waals surface area contributed by atoms with Gasteiger partial charge >= 0.3 is 0 Å². The van der Waals surface area contributed by atoms with Crippen LogP contribution in [0.4, 0.5) is 4.39 Å². The van der Waals surface area contributed by atoms with Crippen LogP contribution < -0.4 is 0 Å². The van der Waals surface area contributed by atoms with E-state index >= 15 is 0 Å². The van der Waals surface area contributed by atoms with Crippen molar-refractivity contribution in [3.63, 3.8) is 0 Å². The Morgan fingerprint density at radius 3 is 2.71 bits per heavy atom. The van der Waals surface area contributed by atoms with Gasteiger partial charge in [-0.25, -0.2) is 4.39 Å². The maximum Gasteiger partial charge on any atom is 0.184 e. The summed E-state index contributed by atoms with van der Waals surface area (Å²) >= 11 is 0. The van der Waals surface area contributed by atoms with Crippen LogP contribution in [0.15, 0.2) is 42.5 Å². The molecule has 0 aromatic heterocycles. The number of hydrogen-bond donors (Lipinski definition) is 0. The number of Topliss-reactive ketones (excluding diaryl/α,β-unsaturated/α-hetero) is 1. The average molecular weight is 279 g/mol. The van der Waals surface area contributed by atoms with Crippen LogP contribution in [0.2, 0.25) is 0 Å². The van der Waals surface area contributed by atoms with Crippen LogP contribution in [0.3, 0.4) is 0 Å². The van der Waals surface area contributed by atoms with Crippen molar-refractivity contribution in [3.05, 3.63) is 70.5 Å². The van der Waals surface area contributed by atoms with E-state index in [1.807, 2.05) is 18.2 Å². The number of carbonyl (C=O) groups is 1. The molecule has 0 fully saturated rings. The van der Waals surface area contributed by atoms with E-state index in [4.69, 9.17) is 0 Å². The predicted molar refractivity (Wildman–Crippen MR) is 77.6 cm³/mol. The molecular weight excluding hydrogens is 265 g/mol. The Hall–Kier alpha value is -2.47. The fraction of sp³-hybridized carbons (Fsp3) is 0.222. The van der Waals surface area contributed by atoms with E-state index in [-0.39, 0.29) is 5.78 Å². The molecule has 1 atom stereocenters. The second-order valence-corrected chi connectivity index (χ2v) is 5.32. The van der Waals surface area contributed by atoms with Gasteiger partial charge in [0.05, 0.1) is 6.07 Å². The van der Waals surface area contributed by atoms with Gasteiger partial charge in [-0.15, -0.1) is 0 Å². The molecule has 3 rings (SSSR count). The molecule has 0 heterocycles. The molecule has 2 nitrogen and oxygen atoms in total. The Labute approximate surface area is 122 Å². The van der Waals surface area contributed by atoms with E-state index in [0.717, 1.165) is 19.3 Å². The van der Waals surface area contributed by atoms with Crippen LogP contribution in [-0.4, -0.2) is 5.78 Å². The zero-order chi connectivity index (χ0) is 14.8. The van der Waals surface area contributed by atoms with Crippen molar-refractivity contribution in [1.29, 1.82) is 5.26 Å². The molecule has 0 amide bonds. The summed E-state index contributed by atoms with van der Waals surface area (Å²) in [6, 6.07) is 13.3. The second kappa shape index (κ2) is 5.49. The molecule has 21 heavy (non-hydrogen) atoms. The van der Waals surface area contributed by atoms with Crippen molar-refractivity contribution in [2.45, 2.75) is 25.2 Å². The number of benzene rings is 2. The molecule has 0 aliphatic heterocycles. The molecule has 0 bridgehead atoms. The van der Waals surface area contributed by atoms with E-state index in [1.54, 1.807) is 12.1 Å². The smallest absolute Gasteiger partial charge is 0.184 e. The Balaban J connectivity index is 1.95. The molecule has 104 valence electrons. The fourth-order valence-electron chi connectivity index (χ4n) is 2.86. The highest BCUT2D eigenvalue weighted by atomic mass is 19.1. The molecule has 0 spiro atoms. The Bertz CT molecular complexity index is 745. The molecule has 2 aromatic rings. The summed E-state index contributed by atoms with van der Waals surface area (Å²) in [7, 11) is 0. The van der Waals surface area contributed by atoms with Crippen LogP contribution in [0.25, 0.3) is 0 Å². The number of hydrogen-bond acceptors (Lipinski definition) is 2. The van der Waals surface area contributed by atoms with E-state index in [0.29, 0.717) is 11.1 Å². The third-order valence-electron chi connectivity index (χ3n) is 3.96. The molecule has 1 aliphatic rings. The van der Waals surface area contributed by atoms with Crippen LogP contribution in [0.1, 0.15) is 39.4 Å². The topological polar surface area (TPSA) is 40.9 Å². The van der Waals surface area contributed by atoms with Gasteiger partial charge in [-0.1, -0.05) is 24.3 Å². The summed E-state index contributed by atoms with van der Waals surface area (Å²) < 4.78 is 13.3. The number of aryl methyl sites for hydroxylation is 2. The SMILES string of the molecule is N#CC(C(=O)c1ccc2c(c1)CCC2)c1cccc(F)c1. The Morgan fingerprint density at radius 2 is 1.95 bits per heavy atom. The van der Waals surface area contributed by atoms with Crippen molar-refractivity contribution < 1.29 is 9.18 Å². The number of nitriles is 1. The predicted octanol–water partition coefficient (Wildman–Crippen LogP) is 3.80.